The summed E-state index contributed by atoms with van der Waals surface area (Å²) in [5.41, 5.74) is 4.41. The summed E-state index contributed by atoms with van der Waals surface area (Å²) in [7, 11) is 1.16. The summed E-state index contributed by atoms with van der Waals surface area (Å²) < 4.78 is 42.3. The molecule has 1 aromatic heterocycles. The number of alkyl halides is 3. The standard InChI is InChI=1S/C11H12F3N3O2S/c1-5(10(18)19-2)16-9-6(8(15)20)3-4-7(17-9)11(12,13)14/h3-5H,1-2H3,(H2,15,20)(H,16,17). The van der Waals surface area contributed by atoms with Gasteiger partial charge >= 0.3 is 12.1 Å². The van der Waals surface area contributed by atoms with E-state index in [1.54, 1.807) is 0 Å². The lowest BCUT2D eigenvalue weighted by molar-refractivity contribution is -0.141. The van der Waals surface area contributed by atoms with E-state index in [4.69, 9.17) is 18.0 Å². The average molecular weight is 307 g/mol. The van der Waals surface area contributed by atoms with Gasteiger partial charge in [-0.25, -0.2) is 9.78 Å². The van der Waals surface area contributed by atoms with Crippen LogP contribution in [0.1, 0.15) is 18.2 Å². The largest absolute Gasteiger partial charge is 0.467 e. The molecule has 0 bridgehead atoms. The molecule has 0 radical (unpaired) electrons. The quantitative estimate of drug-likeness (QED) is 0.651. The molecular formula is C11H12F3N3O2S. The number of pyridine rings is 1. The van der Waals surface area contributed by atoms with E-state index in [1.807, 2.05) is 0 Å². The Hall–Kier alpha value is -1.90. The van der Waals surface area contributed by atoms with Crippen molar-refractivity contribution in [1.29, 1.82) is 0 Å². The molecule has 0 amide bonds. The van der Waals surface area contributed by atoms with Gasteiger partial charge in [0.1, 0.15) is 22.5 Å². The number of halogens is 3. The lowest BCUT2D eigenvalue weighted by Gasteiger charge is -2.16. The molecule has 0 saturated carbocycles. The average Bonchev–Trinajstić information content (AvgIpc) is 2.36. The molecule has 0 fully saturated rings. The SMILES string of the molecule is COC(=O)C(C)Nc1nc(C(F)(F)F)ccc1C(N)=S. The summed E-state index contributed by atoms with van der Waals surface area (Å²) in [6, 6.07) is 0.969. The maximum absolute atomic E-state index is 12.6. The van der Waals surface area contributed by atoms with Gasteiger partial charge in [-0.3, -0.25) is 0 Å². The number of hydrogen-bond donors (Lipinski definition) is 2. The number of hydrogen-bond acceptors (Lipinski definition) is 5. The van der Waals surface area contributed by atoms with Gasteiger partial charge in [0.15, 0.2) is 0 Å². The number of anilines is 1. The fourth-order valence-corrected chi connectivity index (χ4v) is 1.53. The van der Waals surface area contributed by atoms with E-state index < -0.39 is 23.9 Å². The lowest BCUT2D eigenvalue weighted by Crippen LogP contribution is -2.29. The van der Waals surface area contributed by atoms with E-state index in [2.05, 4.69) is 15.0 Å². The molecule has 1 rings (SSSR count). The summed E-state index contributed by atoms with van der Waals surface area (Å²) in [5, 5.41) is 2.50. The smallest absolute Gasteiger partial charge is 0.433 e. The van der Waals surface area contributed by atoms with E-state index in [9.17, 15) is 18.0 Å². The van der Waals surface area contributed by atoms with Crippen LogP contribution in [0.4, 0.5) is 19.0 Å². The van der Waals surface area contributed by atoms with E-state index >= 15 is 0 Å². The van der Waals surface area contributed by atoms with Crippen LogP contribution in [0.5, 0.6) is 0 Å². The predicted octanol–water partition coefficient (Wildman–Crippen LogP) is 1.71. The second-order valence-corrected chi connectivity index (χ2v) is 4.28. The minimum Gasteiger partial charge on any atom is -0.467 e. The van der Waals surface area contributed by atoms with E-state index in [1.165, 1.54) is 6.92 Å². The van der Waals surface area contributed by atoms with Gasteiger partial charge in [-0.15, -0.1) is 0 Å². The first kappa shape index (κ1) is 16.2. The number of carbonyl (C=O) groups excluding carboxylic acids is 1. The van der Waals surface area contributed by atoms with Crippen molar-refractivity contribution in [3.8, 4) is 0 Å². The van der Waals surface area contributed by atoms with Crippen molar-refractivity contribution in [1.82, 2.24) is 4.98 Å². The molecule has 0 aliphatic rings. The molecule has 20 heavy (non-hydrogen) atoms. The van der Waals surface area contributed by atoms with Gasteiger partial charge in [-0.2, -0.15) is 13.2 Å². The first-order valence-corrected chi connectivity index (χ1v) is 5.80. The number of nitrogens with zero attached hydrogens (tertiary/aromatic N) is 1. The fourth-order valence-electron chi connectivity index (χ4n) is 1.37. The zero-order chi connectivity index (χ0) is 15.5. The zero-order valence-electron chi connectivity index (χ0n) is 10.6. The van der Waals surface area contributed by atoms with Crippen LogP contribution in [0.25, 0.3) is 0 Å². The minimum absolute atomic E-state index is 0.115. The molecule has 1 aromatic rings. The van der Waals surface area contributed by atoms with Crippen molar-refractivity contribution in [3.05, 3.63) is 23.4 Å². The second kappa shape index (κ2) is 6.04. The Morgan fingerprint density at radius 3 is 2.55 bits per heavy atom. The minimum atomic E-state index is -4.61. The number of aromatic nitrogens is 1. The van der Waals surface area contributed by atoms with Crippen molar-refractivity contribution in [3.63, 3.8) is 0 Å². The van der Waals surface area contributed by atoms with Gasteiger partial charge in [0.2, 0.25) is 0 Å². The molecule has 1 heterocycles. The van der Waals surface area contributed by atoms with Crippen LogP contribution in [-0.4, -0.2) is 29.1 Å². The molecule has 0 aliphatic carbocycles. The molecule has 5 nitrogen and oxygen atoms in total. The fraction of sp³-hybridized carbons (Fsp3) is 0.364. The molecule has 0 spiro atoms. The molecule has 1 unspecified atom stereocenters. The molecule has 110 valence electrons. The van der Waals surface area contributed by atoms with Crippen LogP contribution in [0.3, 0.4) is 0 Å². The third-order valence-corrected chi connectivity index (χ3v) is 2.58. The molecule has 0 saturated heterocycles. The first-order chi connectivity index (χ1) is 9.16. The van der Waals surface area contributed by atoms with Crippen LogP contribution in [-0.2, 0) is 15.7 Å². The summed E-state index contributed by atoms with van der Waals surface area (Å²) in [4.78, 5) is 14.6. The number of esters is 1. The highest BCUT2D eigenvalue weighted by Gasteiger charge is 2.33. The molecule has 0 aliphatic heterocycles. The first-order valence-electron chi connectivity index (χ1n) is 5.39. The molecule has 3 N–H and O–H groups in total. The molecular weight excluding hydrogens is 295 g/mol. The van der Waals surface area contributed by atoms with E-state index in [0.29, 0.717) is 0 Å². The molecule has 1 atom stereocenters. The highest BCUT2D eigenvalue weighted by Crippen LogP contribution is 2.29. The van der Waals surface area contributed by atoms with Crippen molar-refractivity contribution in [2.24, 2.45) is 5.73 Å². The Bertz CT molecular complexity index is 534. The monoisotopic (exact) mass is 307 g/mol. The topological polar surface area (TPSA) is 77.2 Å². The number of methoxy groups -OCH3 is 1. The van der Waals surface area contributed by atoms with Crippen molar-refractivity contribution < 1.29 is 22.7 Å². The number of nitrogens with two attached hydrogens (primary N) is 1. The maximum Gasteiger partial charge on any atom is 0.433 e. The van der Waals surface area contributed by atoms with Crippen LogP contribution in [0.15, 0.2) is 12.1 Å². The summed E-state index contributed by atoms with van der Waals surface area (Å²) in [5.74, 6) is -0.872. The number of rotatable bonds is 4. The van der Waals surface area contributed by atoms with Gasteiger partial charge in [-0.05, 0) is 19.1 Å². The Labute approximate surface area is 118 Å². The maximum atomic E-state index is 12.6. The third-order valence-electron chi connectivity index (χ3n) is 2.36. The van der Waals surface area contributed by atoms with Crippen LogP contribution in [0.2, 0.25) is 0 Å². The molecule has 9 heteroatoms. The zero-order valence-corrected chi connectivity index (χ0v) is 11.4. The Morgan fingerprint density at radius 1 is 1.50 bits per heavy atom. The summed E-state index contributed by atoms with van der Waals surface area (Å²) in [6.45, 7) is 1.41. The Morgan fingerprint density at radius 2 is 2.10 bits per heavy atom. The second-order valence-electron chi connectivity index (χ2n) is 3.84. The van der Waals surface area contributed by atoms with Gasteiger partial charge in [0.25, 0.3) is 0 Å². The van der Waals surface area contributed by atoms with Gasteiger partial charge in [-0.1, -0.05) is 12.2 Å². The van der Waals surface area contributed by atoms with Crippen molar-refractivity contribution in [2.75, 3.05) is 12.4 Å². The summed E-state index contributed by atoms with van der Waals surface area (Å²) >= 11 is 4.73. The van der Waals surface area contributed by atoms with Crippen LogP contribution < -0.4 is 11.1 Å². The number of carbonyl (C=O) groups is 1. The van der Waals surface area contributed by atoms with Gasteiger partial charge in [0.05, 0.1) is 12.7 Å². The number of thiocarbonyl (C=S) groups is 1. The number of ether oxygens (including phenoxy) is 1. The van der Waals surface area contributed by atoms with Crippen LogP contribution in [0, 0.1) is 0 Å². The van der Waals surface area contributed by atoms with Crippen LogP contribution >= 0.6 is 12.2 Å². The van der Waals surface area contributed by atoms with E-state index in [-0.39, 0.29) is 16.4 Å². The lowest BCUT2D eigenvalue weighted by atomic mass is 10.2. The molecule has 0 aromatic carbocycles. The highest BCUT2D eigenvalue weighted by atomic mass is 32.1. The number of nitrogens with one attached hydrogen (secondary N) is 1. The van der Waals surface area contributed by atoms with E-state index in [0.717, 1.165) is 19.2 Å². The predicted molar refractivity (Wildman–Crippen MR) is 70.2 cm³/mol. The highest BCUT2D eigenvalue weighted by molar-refractivity contribution is 7.80. The van der Waals surface area contributed by atoms with Gasteiger partial charge < -0.3 is 15.8 Å². The normalized spacial score (nSPS) is 12.7. The Balaban J connectivity index is 3.19. The summed E-state index contributed by atoms with van der Waals surface area (Å²) in [6.07, 6.45) is -4.61. The van der Waals surface area contributed by atoms with Crippen molar-refractivity contribution in [2.45, 2.75) is 19.1 Å². The van der Waals surface area contributed by atoms with Crippen molar-refractivity contribution >= 4 is 29.0 Å². The van der Waals surface area contributed by atoms with Gasteiger partial charge in [0, 0.05) is 0 Å². The third kappa shape index (κ3) is 3.80. The Kier molecular flexibility index (Phi) is 4.88.